The number of amidine groups is 1. The zero-order valence-corrected chi connectivity index (χ0v) is 6.31. The number of hydrogen-bond donors (Lipinski definition) is 1. The molecule has 0 aliphatic carbocycles. The van der Waals surface area contributed by atoms with Gasteiger partial charge in [-0.2, -0.15) is 0 Å². The highest BCUT2D eigenvalue weighted by molar-refractivity contribution is 6.05. The van der Waals surface area contributed by atoms with E-state index in [1.807, 2.05) is 24.3 Å². The second-order valence-electron chi connectivity index (χ2n) is 2.41. The quantitative estimate of drug-likeness (QED) is 0.598. The Morgan fingerprint density at radius 2 is 2.17 bits per heavy atom. The molecular formula is C8H7N4. The highest BCUT2D eigenvalue weighted by Gasteiger charge is 2.05. The van der Waals surface area contributed by atoms with Crippen molar-refractivity contribution in [3.05, 3.63) is 29.8 Å². The summed E-state index contributed by atoms with van der Waals surface area (Å²) < 4.78 is 0. The van der Waals surface area contributed by atoms with E-state index in [1.54, 1.807) is 0 Å². The summed E-state index contributed by atoms with van der Waals surface area (Å²) in [7, 11) is 0. The van der Waals surface area contributed by atoms with Crippen LogP contribution in [0.2, 0.25) is 0 Å². The number of nitrogens with two attached hydrogens (primary N) is 1. The van der Waals surface area contributed by atoms with Gasteiger partial charge in [-0.3, -0.25) is 0 Å². The number of nitrogens with zero attached hydrogens (tertiary/aromatic N) is 3. The van der Waals surface area contributed by atoms with Crippen LogP contribution in [0.5, 0.6) is 0 Å². The molecule has 1 aromatic rings. The Morgan fingerprint density at radius 1 is 1.25 bits per heavy atom. The van der Waals surface area contributed by atoms with Crippen LogP contribution in [0.3, 0.4) is 0 Å². The molecule has 0 atom stereocenters. The van der Waals surface area contributed by atoms with Crippen LogP contribution >= 0.6 is 0 Å². The first-order valence-electron chi connectivity index (χ1n) is 3.52. The minimum atomic E-state index is 0.613. The molecule has 2 N–H and O–H groups in total. The SMILES string of the molecule is Nc1cccc(C2=N[N]C=N2)c1. The normalized spacial score (nSPS) is 14.2. The lowest BCUT2D eigenvalue weighted by atomic mass is 10.2. The molecule has 1 radical (unpaired) electrons. The van der Waals surface area contributed by atoms with Crippen molar-refractivity contribution in [2.45, 2.75) is 0 Å². The smallest absolute Gasteiger partial charge is 0.183 e. The molecule has 1 heterocycles. The van der Waals surface area contributed by atoms with E-state index < -0.39 is 0 Å². The van der Waals surface area contributed by atoms with Gasteiger partial charge in [0.1, 0.15) is 6.34 Å². The molecule has 4 heteroatoms. The summed E-state index contributed by atoms with van der Waals surface area (Å²) >= 11 is 0. The van der Waals surface area contributed by atoms with Crippen LogP contribution in [0, 0.1) is 0 Å². The van der Waals surface area contributed by atoms with Crippen molar-refractivity contribution in [3.63, 3.8) is 0 Å². The summed E-state index contributed by atoms with van der Waals surface area (Å²) in [6.45, 7) is 0. The van der Waals surface area contributed by atoms with Gasteiger partial charge in [0.2, 0.25) is 0 Å². The molecule has 1 aliphatic rings. The second-order valence-corrected chi connectivity index (χ2v) is 2.41. The summed E-state index contributed by atoms with van der Waals surface area (Å²) in [6.07, 6.45) is 1.42. The molecule has 0 bridgehead atoms. The first kappa shape index (κ1) is 6.84. The van der Waals surface area contributed by atoms with E-state index in [9.17, 15) is 0 Å². The highest BCUT2D eigenvalue weighted by Crippen LogP contribution is 2.09. The Labute approximate surface area is 69.8 Å². The van der Waals surface area contributed by atoms with Crippen LogP contribution in [0.25, 0.3) is 0 Å². The van der Waals surface area contributed by atoms with Crippen LogP contribution in [0.15, 0.2) is 34.4 Å². The van der Waals surface area contributed by atoms with Gasteiger partial charge in [0.05, 0.1) is 0 Å². The molecule has 0 saturated carbocycles. The van der Waals surface area contributed by atoms with Gasteiger partial charge in [-0.1, -0.05) is 12.1 Å². The van der Waals surface area contributed by atoms with E-state index in [2.05, 4.69) is 15.5 Å². The topological polar surface area (TPSA) is 64.8 Å². The second kappa shape index (κ2) is 2.65. The van der Waals surface area contributed by atoms with Gasteiger partial charge in [-0.25, -0.2) is 4.99 Å². The Kier molecular flexibility index (Phi) is 1.51. The first-order chi connectivity index (χ1) is 5.86. The average molecular weight is 159 g/mol. The third kappa shape index (κ3) is 1.14. The predicted molar refractivity (Wildman–Crippen MR) is 48.0 cm³/mol. The zero-order valence-electron chi connectivity index (χ0n) is 6.31. The summed E-state index contributed by atoms with van der Waals surface area (Å²) in [4.78, 5) is 3.95. The molecule has 1 aliphatic heterocycles. The third-order valence-corrected chi connectivity index (χ3v) is 1.53. The van der Waals surface area contributed by atoms with Crippen LogP contribution in [-0.4, -0.2) is 12.2 Å². The van der Waals surface area contributed by atoms with Gasteiger partial charge in [0.15, 0.2) is 5.84 Å². The summed E-state index contributed by atoms with van der Waals surface area (Å²) in [5.74, 6) is 0.613. The van der Waals surface area contributed by atoms with E-state index in [1.165, 1.54) is 6.34 Å². The van der Waals surface area contributed by atoms with E-state index >= 15 is 0 Å². The molecule has 4 nitrogen and oxygen atoms in total. The van der Waals surface area contributed by atoms with Crippen LogP contribution < -0.4 is 11.2 Å². The Bertz CT molecular complexity index is 354. The highest BCUT2D eigenvalue weighted by atomic mass is 15.4. The van der Waals surface area contributed by atoms with E-state index in [-0.39, 0.29) is 0 Å². The fraction of sp³-hybridized carbons (Fsp3) is 0. The Morgan fingerprint density at radius 3 is 2.83 bits per heavy atom. The molecule has 0 amide bonds. The number of rotatable bonds is 1. The van der Waals surface area contributed by atoms with E-state index in [0.717, 1.165) is 5.56 Å². The molecular weight excluding hydrogens is 152 g/mol. The number of anilines is 1. The van der Waals surface area contributed by atoms with Crippen LogP contribution in [0.1, 0.15) is 5.56 Å². The molecule has 0 saturated heterocycles. The molecule has 0 spiro atoms. The maximum atomic E-state index is 5.59. The van der Waals surface area contributed by atoms with Crippen molar-refractivity contribution in [1.82, 2.24) is 5.43 Å². The minimum Gasteiger partial charge on any atom is -0.399 e. The predicted octanol–water partition coefficient (Wildman–Crippen LogP) is 0.577. The van der Waals surface area contributed by atoms with Gasteiger partial charge in [0, 0.05) is 11.3 Å². The molecule has 0 fully saturated rings. The minimum absolute atomic E-state index is 0.613. The standard InChI is InChI=1S/C8H7N4/c9-7-3-1-2-6(4-7)8-10-5-11-12-8/h1-5H,9H2. The molecule has 2 rings (SSSR count). The fourth-order valence-corrected chi connectivity index (χ4v) is 0.997. The molecule has 0 aromatic heterocycles. The van der Waals surface area contributed by atoms with Crippen molar-refractivity contribution in [2.24, 2.45) is 10.1 Å². The van der Waals surface area contributed by atoms with E-state index in [0.29, 0.717) is 11.5 Å². The van der Waals surface area contributed by atoms with Crippen LogP contribution in [0.4, 0.5) is 5.69 Å². The largest absolute Gasteiger partial charge is 0.399 e. The van der Waals surface area contributed by atoms with Crippen molar-refractivity contribution in [2.75, 3.05) is 5.73 Å². The van der Waals surface area contributed by atoms with Crippen molar-refractivity contribution >= 4 is 17.9 Å². The number of benzene rings is 1. The van der Waals surface area contributed by atoms with Crippen molar-refractivity contribution in [1.29, 1.82) is 0 Å². The monoisotopic (exact) mass is 159 g/mol. The molecule has 1 aromatic carbocycles. The lowest BCUT2D eigenvalue weighted by Gasteiger charge is -1.96. The maximum absolute atomic E-state index is 5.59. The summed E-state index contributed by atoms with van der Waals surface area (Å²) in [5, 5.41) is 3.81. The van der Waals surface area contributed by atoms with Gasteiger partial charge >= 0.3 is 0 Å². The van der Waals surface area contributed by atoms with Gasteiger partial charge < -0.3 is 5.73 Å². The lowest BCUT2D eigenvalue weighted by Crippen LogP contribution is -1.95. The van der Waals surface area contributed by atoms with Crippen molar-refractivity contribution < 1.29 is 0 Å². The number of aliphatic imine (C=N–C) groups is 1. The molecule has 59 valence electrons. The molecule has 0 unspecified atom stereocenters. The lowest BCUT2D eigenvalue weighted by molar-refractivity contribution is 1.06. The number of hydrogen-bond acceptors (Lipinski definition) is 3. The third-order valence-electron chi connectivity index (χ3n) is 1.53. The van der Waals surface area contributed by atoms with E-state index in [4.69, 9.17) is 5.73 Å². The van der Waals surface area contributed by atoms with Gasteiger partial charge in [-0.05, 0) is 12.1 Å². The molecule has 12 heavy (non-hydrogen) atoms. The summed E-state index contributed by atoms with van der Waals surface area (Å²) in [6, 6.07) is 7.39. The summed E-state index contributed by atoms with van der Waals surface area (Å²) in [5.41, 5.74) is 10.8. The van der Waals surface area contributed by atoms with Gasteiger partial charge in [-0.15, -0.1) is 10.5 Å². The zero-order chi connectivity index (χ0) is 8.39. The Hall–Kier alpha value is -1.84. The average Bonchev–Trinajstić information content (AvgIpc) is 2.56. The van der Waals surface area contributed by atoms with Crippen molar-refractivity contribution in [3.8, 4) is 0 Å². The maximum Gasteiger partial charge on any atom is 0.183 e. The van der Waals surface area contributed by atoms with Crippen LogP contribution in [-0.2, 0) is 0 Å². The first-order valence-corrected chi connectivity index (χ1v) is 3.52. The number of nitrogen functional groups attached to an aromatic ring is 1. The fourth-order valence-electron chi connectivity index (χ4n) is 0.997. The Balaban J connectivity index is 2.40. The van der Waals surface area contributed by atoms with Gasteiger partial charge in [0.25, 0.3) is 0 Å².